The molecule has 0 unspecified atom stereocenters. The van der Waals surface area contributed by atoms with E-state index in [1.165, 1.54) is 13.1 Å². The average Bonchev–Trinajstić information content (AvgIpc) is 2.73. The molecule has 0 bridgehead atoms. The van der Waals surface area contributed by atoms with E-state index >= 15 is 0 Å². The Morgan fingerprint density at radius 2 is 2.00 bits per heavy atom. The smallest absolute Gasteiger partial charge is 0.240 e. The highest BCUT2D eigenvalue weighted by molar-refractivity contribution is 7.89. The molecule has 1 aromatic heterocycles. The first-order valence-corrected chi connectivity index (χ1v) is 8.18. The van der Waals surface area contributed by atoms with Gasteiger partial charge in [-0.1, -0.05) is 6.92 Å². The van der Waals surface area contributed by atoms with Crippen LogP contribution in [0.3, 0.4) is 0 Å². The Balaban J connectivity index is 2.67. The van der Waals surface area contributed by atoms with Gasteiger partial charge < -0.3 is 5.73 Å². The summed E-state index contributed by atoms with van der Waals surface area (Å²) in [6.45, 7) is 5.96. The number of rotatable bonds is 4. The summed E-state index contributed by atoms with van der Waals surface area (Å²) in [5.41, 5.74) is 10.1. The molecular formula is C14H20N4O2S. The molecule has 114 valence electrons. The summed E-state index contributed by atoms with van der Waals surface area (Å²) < 4.78 is 27.9. The molecular weight excluding hydrogens is 288 g/mol. The first kappa shape index (κ1) is 15.5. The number of nitrogen functional groups attached to an aromatic ring is 1. The summed E-state index contributed by atoms with van der Waals surface area (Å²) in [6.07, 6.45) is 0.867. The predicted octanol–water partition coefficient (Wildman–Crippen LogP) is 1.54. The molecule has 3 N–H and O–H groups in total. The highest BCUT2D eigenvalue weighted by atomic mass is 32.2. The Morgan fingerprint density at radius 3 is 2.52 bits per heavy atom. The van der Waals surface area contributed by atoms with Crippen molar-refractivity contribution >= 4 is 15.7 Å². The van der Waals surface area contributed by atoms with Crippen LogP contribution in [0.5, 0.6) is 0 Å². The normalized spacial score (nSPS) is 11.8. The molecule has 1 aromatic carbocycles. The van der Waals surface area contributed by atoms with Crippen LogP contribution in [0.1, 0.15) is 23.9 Å². The zero-order valence-corrected chi connectivity index (χ0v) is 13.5. The predicted molar refractivity (Wildman–Crippen MR) is 83.1 cm³/mol. The lowest BCUT2D eigenvalue weighted by molar-refractivity contribution is 0.588. The van der Waals surface area contributed by atoms with E-state index in [4.69, 9.17) is 5.73 Å². The molecule has 0 saturated carbocycles. The van der Waals surface area contributed by atoms with Crippen molar-refractivity contribution < 1.29 is 8.42 Å². The summed E-state index contributed by atoms with van der Waals surface area (Å²) in [7, 11) is -2.14. The van der Waals surface area contributed by atoms with Crippen molar-refractivity contribution in [3.8, 4) is 5.69 Å². The fraction of sp³-hybridized carbons (Fsp3) is 0.357. The lowest BCUT2D eigenvalue weighted by atomic mass is 10.1. The van der Waals surface area contributed by atoms with E-state index in [0.717, 1.165) is 23.4 Å². The van der Waals surface area contributed by atoms with E-state index in [0.29, 0.717) is 11.4 Å². The second-order valence-electron chi connectivity index (χ2n) is 4.84. The van der Waals surface area contributed by atoms with E-state index in [9.17, 15) is 8.42 Å². The van der Waals surface area contributed by atoms with Gasteiger partial charge in [-0.3, -0.25) is 0 Å². The van der Waals surface area contributed by atoms with Crippen molar-refractivity contribution in [2.45, 2.75) is 32.1 Å². The Morgan fingerprint density at radius 1 is 1.33 bits per heavy atom. The van der Waals surface area contributed by atoms with Gasteiger partial charge in [-0.2, -0.15) is 5.10 Å². The number of aryl methyl sites for hydroxylation is 1. The van der Waals surface area contributed by atoms with Gasteiger partial charge in [-0.15, -0.1) is 0 Å². The quantitative estimate of drug-likeness (QED) is 0.838. The van der Waals surface area contributed by atoms with Crippen LogP contribution in [0, 0.1) is 13.8 Å². The van der Waals surface area contributed by atoms with E-state index in [1.54, 1.807) is 16.8 Å². The largest absolute Gasteiger partial charge is 0.397 e. The molecule has 0 atom stereocenters. The fourth-order valence-corrected chi connectivity index (χ4v) is 3.16. The second kappa shape index (κ2) is 5.50. The van der Waals surface area contributed by atoms with Gasteiger partial charge in [0.2, 0.25) is 10.0 Å². The molecule has 7 heteroatoms. The monoisotopic (exact) mass is 308 g/mol. The van der Waals surface area contributed by atoms with Crippen LogP contribution in [0.15, 0.2) is 23.1 Å². The minimum absolute atomic E-state index is 0.166. The SMILES string of the molecule is CCc1c(C)nn(-c2cc(S(=O)(=O)NC)ccc2N)c1C. The molecule has 2 aromatic rings. The van der Waals surface area contributed by atoms with Crippen molar-refractivity contribution in [3.63, 3.8) is 0 Å². The summed E-state index contributed by atoms with van der Waals surface area (Å²) in [5, 5.41) is 4.48. The van der Waals surface area contributed by atoms with Crippen molar-refractivity contribution in [3.05, 3.63) is 35.2 Å². The standard InChI is InChI=1S/C14H20N4O2S/c1-5-12-9(2)17-18(10(12)3)14-8-11(6-7-13(14)15)21(19,20)16-4/h6-8,16H,5,15H2,1-4H3. The number of nitrogens with two attached hydrogens (primary N) is 1. The minimum Gasteiger partial charge on any atom is -0.397 e. The van der Waals surface area contributed by atoms with Gasteiger partial charge in [0, 0.05) is 5.69 Å². The molecule has 0 aliphatic carbocycles. The van der Waals surface area contributed by atoms with Crippen LogP contribution in [0.2, 0.25) is 0 Å². The number of hydrogen-bond donors (Lipinski definition) is 2. The number of sulfonamides is 1. The van der Waals surface area contributed by atoms with Gasteiger partial charge in [0.1, 0.15) is 0 Å². The maximum Gasteiger partial charge on any atom is 0.240 e. The average molecular weight is 308 g/mol. The number of aromatic nitrogens is 2. The van der Waals surface area contributed by atoms with E-state index in [2.05, 4.69) is 16.7 Å². The first-order valence-electron chi connectivity index (χ1n) is 6.70. The Kier molecular flexibility index (Phi) is 4.06. The zero-order chi connectivity index (χ0) is 15.8. The summed E-state index contributed by atoms with van der Waals surface area (Å²) in [5.74, 6) is 0. The maximum atomic E-state index is 11.9. The van der Waals surface area contributed by atoms with Crippen molar-refractivity contribution in [1.29, 1.82) is 0 Å². The summed E-state index contributed by atoms with van der Waals surface area (Å²) in [6, 6.07) is 4.61. The summed E-state index contributed by atoms with van der Waals surface area (Å²) >= 11 is 0. The van der Waals surface area contributed by atoms with Gasteiger partial charge in [0.25, 0.3) is 0 Å². The molecule has 0 fully saturated rings. The van der Waals surface area contributed by atoms with Gasteiger partial charge in [0.15, 0.2) is 0 Å². The van der Waals surface area contributed by atoms with E-state index < -0.39 is 10.0 Å². The van der Waals surface area contributed by atoms with Gasteiger partial charge in [-0.25, -0.2) is 17.8 Å². The minimum atomic E-state index is -3.51. The Labute approximate surface area is 125 Å². The molecule has 0 aliphatic rings. The number of hydrogen-bond acceptors (Lipinski definition) is 4. The number of nitrogens with zero attached hydrogens (tertiary/aromatic N) is 2. The zero-order valence-electron chi connectivity index (χ0n) is 12.6. The molecule has 1 heterocycles. The molecule has 6 nitrogen and oxygen atoms in total. The van der Waals surface area contributed by atoms with Crippen molar-refractivity contribution in [1.82, 2.24) is 14.5 Å². The van der Waals surface area contributed by atoms with Gasteiger partial charge in [0.05, 0.1) is 22.0 Å². The van der Waals surface area contributed by atoms with Gasteiger partial charge in [-0.05, 0) is 51.1 Å². The molecule has 0 saturated heterocycles. The number of anilines is 1. The summed E-state index contributed by atoms with van der Waals surface area (Å²) in [4.78, 5) is 0.166. The lowest BCUT2D eigenvalue weighted by Crippen LogP contribution is -2.19. The van der Waals surface area contributed by atoms with Crippen LogP contribution < -0.4 is 10.5 Å². The lowest BCUT2D eigenvalue weighted by Gasteiger charge is -2.11. The number of benzene rings is 1. The molecule has 2 rings (SSSR count). The second-order valence-corrected chi connectivity index (χ2v) is 6.73. The number of nitrogens with one attached hydrogen (secondary N) is 1. The van der Waals surface area contributed by atoms with Crippen LogP contribution in [-0.2, 0) is 16.4 Å². The van der Waals surface area contributed by atoms with Crippen LogP contribution in [-0.4, -0.2) is 25.2 Å². The van der Waals surface area contributed by atoms with Gasteiger partial charge >= 0.3 is 0 Å². The van der Waals surface area contributed by atoms with Crippen molar-refractivity contribution in [2.24, 2.45) is 0 Å². The maximum absolute atomic E-state index is 11.9. The topological polar surface area (TPSA) is 90.0 Å². The molecule has 0 amide bonds. The third-order valence-corrected chi connectivity index (χ3v) is 5.02. The third-order valence-electron chi connectivity index (χ3n) is 3.60. The van der Waals surface area contributed by atoms with Crippen LogP contribution >= 0.6 is 0 Å². The molecule has 0 radical (unpaired) electrons. The van der Waals surface area contributed by atoms with Crippen LogP contribution in [0.25, 0.3) is 5.69 Å². The molecule has 0 spiro atoms. The highest BCUT2D eigenvalue weighted by Gasteiger charge is 2.17. The Bertz CT molecular complexity index is 779. The molecule has 21 heavy (non-hydrogen) atoms. The fourth-order valence-electron chi connectivity index (χ4n) is 2.41. The Hall–Kier alpha value is -1.86. The van der Waals surface area contributed by atoms with E-state index in [1.807, 2.05) is 13.8 Å². The molecule has 0 aliphatic heterocycles. The van der Waals surface area contributed by atoms with Crippen LogP contribution in [0.4, 0.5) is 5.69 Å². The van der Waals surface area contributed by atoms with Crippen molar-refractivity contribution in [2.75, 3.05) is 12.8 Å². The third kappa shape index (κ3) is 2.66. The highest BCUT2D eigenvalue weighted by Crippen LogP contribution is 2.25. The first-order chi connectivity index (χ1) is 9.81. The van der Waals surface area contributed by atoms with E-state index in [-0.39, 0.29) is 4.90 Å².